The van der Waals surface area contributed by atoms with Gasteiger partial charge in [0.1, 0.15) is 5.82 Å². The quantitative estimate of drug-likeness (QED) is 0.557. The predicted octanol–water partition coefficient (Wildman–Crippen LogP) is 4.51. The highest BCUT2D eigenvalue weighted by molar-refractivity contribution is 7.80. The van der Waals surface area contributed by atoms with Gasteiger partial charge in [0, 0.05) is 22.5 Å². The molecule has 3 rings (SSSR count). The SMILES string of the molecule is Cc1cccc(C(=O)Nc2ccc(NC(=S)NC(=O)c3ccc(F)cc3)cc2)c1. The third kappa shape index (κ3) is 5.70. The molecule has 7 heteroatoms. The molecule has 0 aliphatic carbocycles. The minimum atomic E-state index is -0.440. The summed E-state index contributed by atoms with van der Waals surface area (Å²) >= 11 is 5.13. The highest BCUT2D eigenvalue weighted by Gasteiger charge is 2.09. The number of aryl methyl sites for hydroxylation is 1. The topological polar surface area (TPSA) is 70.2 Å². The Morgan fingerprint density at radius 2 is 1.41 bits per heavy atom. The van der Waals surface area contributed by atoms with Crippen LogP contribution in [0.4, 0.5) is 15.8 Å². The van der Waals surface area contributed by atoms with E-state index in [1.807, 2.05) is 25.1 Å². The van der Waals surface area contributed by atoms with Gasteiger partial charge in [0.15, 0.2) is 5.11 Å². The zero-order valence-electron chi connectivity index (χ0n) is 15.5. The van der Waals surface area contributed by atoms with Crippen molar-refractivity contribution in [2.45, 2.75) is 6.92 Å². The summed E-state index contributed by atoms with van der Waals surface area (Å²) in [7, 11) is 0. The Hall–Kier alpha value is -3.58. The van der Waals surface area contributed by atoms with Crippen LogP contribution < -0.4 is 16.0 Å². The van der Waals surface area contributed by atoms with E-state index in [4.69, 9.17) is 12.2 Å². The molecule has 5 nitrogen and oxygen atoms in total. The van der Waals surface area contributed by atoms with Crippen molar-refractivity contribution < 1.29 is 14.0 Å². The summed E-state index contributed by atoms with van der Waals surface area (Å²) in [6.45, 7) is 1.93. The Morgan fingerprint density at radius 3 is 2.03 bits per heavy atom. The highest BCUT2D eigenvalue weighted by Crippen LogP contribution is 2.15. The molecule has 0 radical (unpaired) electrons. The predicted molar refractivity (Wildman–Crippen MR) is 116 cm³/mol. The van der Waals surface area contributed by atoms with Crippen LogP contribution in [0.25, 0.3) is 0 Å². The second-order valence-electron chi connectivity index (χ2n) is 6.32. The first kappa shape index (κ1) is 20.2. The number of nitrogens with one attached hydrogen (secondary N) is 3. The largest absolute Gasteiger partial charge is 0.332 e. The van der Waals surface area contributed by atoms with Crippen LogP contribution in [0, 0.1) is 12.7 Å². The van der Waals surface area contributed by atoms with Gasteiger partial charge >= 0.3 is 0 Å². The monoisotopic (exact) mass is 407 g/mol. The highest BCUT2D eigenvalue weighted by atomic mass is 32.1. The molecule has 0 fully saturated rings. The van der Waals surface area contributed by atoms with Gasteiger partial charge in [-0.1, -0.05) is 17.7 Å². The van der Waals surface area contributed by atoms with Gasteiger partial charge in [-0.05, 0) is 79.8 Å². The van der Waals surface area contributed by atoms with Crippen molar-refractivity contribution in [1.82, 2.24) is 5.32 Å². The van der Waals surface area contributed by atoms with Crippen LogP contribution in [0.2, 0.25) is 0 Å². The van der Waals surface area contributed by atoms with Crippen LogP contribution in [0.3, 0.4) is 0 Å². The molecule has 0 heterocycles. The first-order valence-electron chi connectivity index (χ1n) is 8.77. The van der Waals surface area contributed by atoms with E-state index in [1.54, 1.807) is 30.3 Å². The fourth-order valence-electron chi connectivity index (χ4n) is 2.57. The first-order chi connectivity index (χ1) is 13.9. The summed E-state index contributed by atoms with van der Waals surface area (Å²) in [5.74, 6) is -1.06. The lowest BCUT2D eigenvalue weighted by Gasteiger charge is -2.11. The number of hydrogen-bond acceptors (Lipinski definition) is 3. The van der Waals surface area contributed by atoms with Crippen LogP contribution in [-0.2, 0) is 0 Å². The number of rotatable bonds is 4. The summed E-state index contributed by atoms with van der Waals surface area (Å²) in [6, 6.07) is 19.4. The average molecular weight is 407 g/mol. The lowest BCUT2D eigenvalue weighted by Crippen LogP contribution is -2.34. The van der Waals surface area contributed by atoms with Gasteiger partial charge in [-0.2, -0.15) is 0 Å². The molecule has 3 aromatic rings. The van der Waals surface area contributed by atoms with Crippen LogP contribution >= 0.6 is 12.2 Å². The maximum Gasteiger partial charge on any atom is 0.257 e. The van der Waals surface area contributed by atoms with Crippen molar-refractivity contribution in [2.24, 2.45) is 0 Å². The molecular formula is C22H18FN3O2S. The zero-order chi connectivity index (χ0) is 20.8. The summed E-state index contributed by atoms with van der Waals surface area (Å²) in [5, 5.41) is 8.34. The normalized spacial score (nSPS) is 10.1. The first-order valence-corrected chi connectivity index (χ1v) is 9.17. The minimum absolute atomic E-state index is 0.107. The summed E-state index contributed by atoms with van der Waals surface area (Å²) in [4.78, 5) is 24.4. The van der Waals surface area contributed by atoms with Crippen molar-refractivity contribution in [3.05, 3.63) is 95.3 Å². The van der Waals surface area contributed by atoms with Gasteiger partial charge < -0.3 is 10.6 Å². The average Bonchev–Trinajstić information content (AvgIpc) is 2.70. The Morgan fingerprint density at radius 1 is 0.793 bits per heavy atom. The molecule has 3 aromatic carbocycles. The smallest absolute Gasteiger partial charge is 0.257 e. The van der Waals surface area contributed by atoms with E-state index in [0.29, 0.717) is 22.5 Å². The number of halogens is 1. The summed E-state index contributed by atoms with van der Waals surface area (Å²) in [5.41, 5.74) is 3.15. The lowest BCUT2D eigenvalue weighted by molar-refractivity contribution is 0.0976. The Labute approximate surface area is 173 Å². The van der Waals surface area contributed by atoms with Crippen molar-refractivity contribution in [3.63, 3.8) is 0 Å². The van der Waals surface area contributed by atoms with Gasteiger partial charge in [-0.3, -0.25) is 14.9 Å². The Bertz CT molecular complexity index is 1050. The Kier molecular flexibility index (Phi) is 6.31. The van der Waals surface area contributed by atoms with Crippen LogP contribution in [-0.4, -0.2) is 16.9 Å². The maximum atomic E-state index is 12.9. The molecule has 0 spiro atoms. The molecule has 0 atom stereocenters. The lowest BCUT2D eigenvalue weighted by atomic mass is 10.1. The summed E-state index contributed by atoms with van der Waals surface area (Å²) in [6.07, 6.45) is 0. The number of carbonyl (C=O) groups is 2. The van der Waals surface area contributed by atoms with Gasteiger partial charge in [-0.25, -0.2) is 4.39 Å². The van der Waals surface area contributed by atoms with E-state index in [9.17, 15) is 14.0 Å². The summed E-state index contributed by atoms with van der Waals surface area (Å²) < 4.78 is 12.9. The van der Waals surface area contributed by atoms with E-state index in [-0.39, 0.29) is 11.0 Å². The van der Waals surface area contributed by atoms with E-state index >= 15 is 0 Å². The van der Waals surface area contributed by atoms with Gasteiger partial charge in [0.05, 0.1) is 0 Å². The zero-order valence-corrected chi connectivity index (χ0v) is 16.3. The molecule has 2 amide bonds. The number of amides is 2. The standard InChI is InChI=1S/C22H18FN3O2S/c1-14-3-2-4-16(13-14)21(28)24-18-9-11-19(12-10-18)25-22(29)26-20(27)15-5-7-17(23)8-6-15/h2-13H,1H3,(H,24,28)(H2,25,26,27,29). The van der Waals surface area contributed by atoms with Crippen LogP contribution in [0.1, 0.15) is 26.3 Å². The number of benzene rings is 3. The second-order valence-corrected chi connectivity index (χ2v) is 6.72. The third-order valence-corrected chi connectivity index (χ3v) is 4.22. The molecule has 0 bridgehead atoms. The van der Waals surface area contributed by atoms with Crippen molar-refractivity contribution in [2.75, 3.05) is 10.6 Å². The molecule has 3 N–H and O–H groups in total. The van der Waals surface area contributed by atoms with E-state index in [2.05, 4.69) is 16.0 Å². The molecule has 29 heavy (non-hydrogen) atoms. The molecule has 0 unspecified atom stereocenters. The van der Waals surface area contributed by atoms with Gasteiger partial charge in [0.2, 0.25) is 0 Å². The third-order valence-electron chi connectivity index (χ3n) is 4.01. The van der Waals surface area contributed by atoms with E-state index < -0.39 is 11.7 Å². The Balaban J connectivity index is 1.55. The van der Waals surface area contributed by atoms with Gasteiger partial charge in [0.25, 0.3) is 11.8 Å². The molecule has 0 aromatic heterocycles. The van der Waals surface area contributed by atoms with Crippen molar-refractivity contribution >= 4 is 40.5 Å². The fraction of sp³-hybridized carbons (Fsp3) is 0.0455. The minimum Gasteiger partial charge on any atom is -0.332 e. The van der Waals surface area contributed by atoms with Crippen LogP contribution in [0.15, 0.2) is 72.8 Å². The molecule has 146 valence electrons. The van der Waals surface area contributed by atoms with Crippen molar-refractivity contribution in [3.8, 4) is 0 Å². The van der Waals surface area contributed by atoms with E-state index in [1.165, 1.54) is 24.3 Å². The fourth-order valence-corrected chi connectivity index (χ4v) is 2.78. The number of anilines is 2. The van der Waals surface area contributed by atoms with Crippen LogP contribution in [0.5, 0.6) is 0 Å². The maximum absolute atomic E-state index is 12.9. The second kappa shape index (κ2) is 9.07. The molecule has 0 aliphatic rings. The molecular weight excluding hydrogens is 389 g/mol. The number of carbonyl (C=O) groups excluding carboxylic acids is 2. The van der Waals surface area contributed by atoms with E-state index in [0.717, 1.165) is 5.56 Å². The number of hydrogen-bond donors (Lipinski definition) is 3. The molecule has 0 saturated heterocycles. The molecule has 0 saturated carbocycles. The molecule has 0 aliphatic heterocycles. The van der Waals surface area contributed by atoms with Gasteiger partial charge in [-0.15, -0.1) is 0 Å². The number of thiocarbonyl (C=S) groups is 1. The van der Waals surface area contributed by atoms with Crippen molar-refractivity contribution in [1.29, 1.82) is 0 Å².